The summed E-state index contributed by atoms with van der Waals surface area (Å²) >= 11 is 9.52. The Balaban J connectivity index is 1.31. The lowest BCUT2D eigenvalue weighted by Crippen LogP contribution is -2.23. The number of halogens is 2. The monoisotopic (exact) mass is 613 g/mol. The molecule has 9 nitrogen and oxygen atoms in total. The molecule has 202 valence electrons. The van der Waals surface area contributed by atoms with Crippen LogP contribution in [-0.4, -0.2) is 33.9 Å². The van der Waals surface area contributed by atoms with Gasteiger partial charge in [0.15, 0.2) is 17.6 Å². The van der Waals surface area contributed by atoms with E-state index in [-0.39, 0.29) is 23.1 Å². The summed E-state index contributed by atoms with van der Waals surface area (Å²) in [6, 6.07) is 18.2. The zero-order chi connectivity index (χ0) is 28.1. The van der Waals surface area contributed by atoms with Gasteiger partial charge in [0.2, 0.25) is 0 Å². The lowest BCUT2D eigenvalue weighted by Gasteiger charge is -2.14. The molecule has 0 radical (unpaired) electrons. The summed E-state index contributed by atoms with van der Waals surface area (Å²) in [7, 11) is 0. The van der Waals surface area contributed by atoms with Gasteiger partial charge >= 0.3 is 11.9 Å². The Hall–Kier alpha value is -4.02. The summed E-state index contributed by atoms with van der Waals surface area (Å²) in [4.78, 5) is 23.5. The number of aromatic nitrogens is 1. The van der Waals surface area contributed by atoms with Crippen molar-refractivity contribution in [1.82, 2.24) is 9.99 Å². The Morgan fingerprint density at radius 3 is 2.46 bits per heavy atom. The van der Waals surface area contributed by atoms with Crippen molar-refractivity contribution in [2.45, 2.75) is 33.5 Å². The van der Waals surface area contributed by atoms with Crippen molar-refractivity contribution in [3.05, 3.63) is 98.6 Å². The normalized spacial score (nSPS) is 11.9. The van der Waals surface area contributed by atoms with Crippen molar-refractivity contribution < 1.29 is 28.6 Å². The number of carboxylic acids is 1. The highest BCUT2D eigenvalue weighted by atomic mass is 79.9. The van der Waals surface area contributed by atoms with Gasteiger partial charge in [-0.25, -0.2) is 10.2 Å². The molecule has 4 aromatic rings. The number of amides is 1. The van der Waals surface area contributed by atoms with Crippen LogP contribution in [0.5, 0.6) is 11.5 Å². The molecule has 2 aromatic heterocycles. The van der Waals surface area contributed by atoms with E-state index in [4.69, 9.17) is 30.6 Å². The lowest BCUT2D eigenvalue weighted by atomic mass is 10.2. The van der Waals surface area contributed by atoms with Gasteiger partial charge in [0.05, 0.1) is 15.7 Å². The summed E-state index contributed by atoms with van der Waals surface area (Å²) in [5, 5.41) is 13.1. The van der Waals surface area contributed by atoms with Crippen LogP contribution in [0.3, 0.4) is 0 Å². The second-order valence-electron chi connectivity index (χ2n) is 8.61. The zero-order valence-corrected chi connectivity index (χ0v) is 23.6. The molecule has 0 fully saturated rings. The molecule has 2 heterocycles. The number of ether oxygens (including phenoxy) is 2. The van der Waals surface area contributed by atoms with Gasteiger partial charge in [-0.05, 0) is 103 Å². The van der Waals surface area contributed by atoms with Gasteiger partial charge in [-0.15, -0.1) is 0 Å². The topological polar surface area (TPSA) is 115 Å². The molecule has 1 atom stereocenters. The van der Waals surface area contributed by atoms with E-state index in [2.05, 4.69) is 57.0 Å². The molecule has 2 N–H and O–H groups in total. The van der Waals surface area contributed by atoms with Crippen molar-refractivity contribution in [1.29, 1.82) is 0 Å². The number of hydrogen-bond donors (Lipinski definition) is 2. The minimum atomic E-state index is -1.12. The number of carbonyl (C=O) groups is 2. The highest BCUT2D eigenvalue weighted by molar-refractivity contribution is 9.10. The predicted molar refractivity (Wildman–Crippen MR) is 150 cm³/mol. The van der Waals surface area contributed by atoms with E-state index < -0.39 is 18.0 Å². The maximum Gasteiger partial charge on any atom is 0.344 e. The Morgan fingerprint density at radius 2 is 1.82 bits per heavy atom. The van der Waals surface area contributed by atoms with E-state index in [1.165, 1.54) is 25.3 Å². The fourth-order valence-corrected chi connectivity index (χ4v) is 4.67. The highest BCUT2D eigenvalue weighted by Gasteiger charge is 2.17. The molecule has 0 unspecified atom stereocenters. The molecule has 39 heavy (non-hydrogen) atoms. The molecule has 0 aliphatic carbocycles. The van der Waals surface area contributed by atoms with Gasteiger partial charge in [0, 0.05) is 17.1 Å². The van der Waals surface area contributed by atoms with Gasteiger partial charge in [0.25, 0.3) is 0 Å². The summed E-state index contributed by atoms with van der Waals surface area (Å²) in [5.41, 5.74) is 6.29. The first-order valence-electron chi connectivity index (χ1n) is 11.8. The molecule has 0 aliphatic heterocycles. The van der Waals surface area contributed by atoms with Gasteiger partial charge in [-0.3, -0.25) is 4.79 Å². The van der Waals surface area contributed by atoms with Crippen molar-refractivity contribution in [2.24, 2.45) is 5.10 Å². The maximum atomic E-state index is 12.4. The molecule has 0 saturated heterocycles. The van der Waals surface area contributed by atoms with E-state index in [0.29, 0.717) is 21.5 Å². The minimum absolute atomic E-state index is 0.0743. The van der Waals surface area contributed by atoms with Crippen LogP contribution in [0.1, 0.15) is 40.2 Å². The summed E-state index contributed by atoms with van der Waals surface area (Å²) in [6.07, 6.45) is 0.303. The fraction of sp³-hybridized carbons (Fsp3) is 0.179. The van der Waals surface area contributed by atoms with Gasteiger partial charge in [-0.1, -0.05) is 11.6 Å². The van der Waals surface area contributed by atoms with Crippen LogP contribution in [0.2, 0.25) is 5.02 Å². The molecular formula is C28H25BrClN3O6. The summed E-state index contributed by atoms with van der Waals surface area (Å²) < 4.78 is 19.3. The number of aliphatic carboxylic acids is 1. The van der Waals surface area contributed by atoms with Crippen LogP contribution < -0.4 is 14.9 Å². The SMILES string of the molecule is Cc1ccc(C)n1-c1ccc(OCc2ccc(C(=O)N/N=C/c3cc(Cl)c(O[C@H](C)C(=O)O)c(Br)c3)o2)cc1. The van der Waals surface area contributed by atoms with E-state index in [1.807, 2.05) is 24.3 Å². The number of furan rings is 1. The first kappa shape index (κ1) is 28.0. The van der Waals surface area contributed by atoms with Crippen LogP contribution in [0.25, 0.3) is 5.69 Å². The molecule has 2 aromatic carbocycles. The smallest absolute Gasteiger partial charge is 0.344 e. The van der Waals surface area contributed by atoms with Crippen molar-refractivity contribution in [3.63, 3.8) is 0 Å². The number of carboxylic acid groups (broad SMARTS) is 1. The lowest BCUT2D eigenvalue weighted by molar-refractivity contribution is -0.144. The van der Waals surface area contributed by atoms with Crippen LogP contribution in [-0.2, 0) is 11.4 Å². The van der Waals surface area contributed by atoms with Crippen molar-refractivity contribution in [2.75, 3.05) is 0 Å². The van der Waals surface area contributed by atoms with Crippen LogP contribution in [0.4, 0.5) is 0 Å². The Kier molecular flexibility index (Phi) is 8.78. The highest BCUT2D eigenvalue weighted by Crippen LogP contribution is 2.35. The number of benzene rings is 2. The second-order valence-corrected chi connectivity index (χ2v) is 9.87. The third kappa shape index (κ3) is 6.90. The Bertz CT molecular complexity index is 1480. The minimum Gasteiger partial charge on any atom is -0.486 e. The van der Waals surface area contributed by atoms with Gasteiger partial charge < -0.3 is 23.6 Å². The molecule has 0 aliphatic rings. The first-order chi connectivity index (χ1) is 18.6. The van der Waals surface area contributed by atoms with E-state index in [9.17, 15) is 9.59 Å². The van der Waals surface area contributed by atoms with Crippen LogP contribution in [0.15, 0.2) is 74.7 Å². The Morgan fingerprint density at radius 1 is 1.13 bits per heavy atom. The summed E-state index contributed by atoms with van der Waals surface area (Å²) in [5.74, 6) is -0.240. The molecule has 0 spiro atoms. The standard InChI is InChI=1S/C28H25BrClN3O6/c1-16-4-5-17(2)33(16)20-6-8-21(9-7-20)37-15-22-10-11-25(39-22)27(34)32-31-14-19-12-23(29)26(24(30)13-19)38-18(3)28(35)36/h4-14,18H,15H2,1-3H3,(H,32,34)(H,35,36)/b31-14+/t18-/m1/s1. The van der Waals surface area contributed by atoms with Gasteiger partial charge in [0.1, 0.15) is 18.1 Å². The Labute approximate surface area is 238 Å². The number of nitrogens with zero attached hydrogens (tertiary/aromatic N) is 2. The number of carbonyl (C=O) groups excluding carboxylic acids is 1. The maximum absolute atomic E-state index is 12.4. The molecule has 0 bridgehead atoms. The number of nitrogens with one attached hydrogen (secondary N) is 1. The average molecular weight is 615 g/mol. The molecule has 0 saturated carbocycles. The predicted octanol–water partition coefficient (Wildman–Crippen LogP) is 6.30. The quantitative estimate of drug-likeness (QED) is 0.160. The van der Waals surface area contributed by atoms with Crippen molar-refractivity contribution >= 4 is 45.6 Å². The number of hydrogen-bond acceptors (Lipinski definition) is 6. The van der Waals surface area contributed by atoms with Crippen molar-refractivity contribution in [3.8, 4) is 17.2 Å². The number of hydrazone groups is 1. The molecule has 1 amide bonds. The molecule has 11 heteroatoms. The van der Waals surface area contributed by atoms with Crippen LogP contribution >= 0.6 is 27.5 Å². The average Bonchev–Trinajstić information content (AvgIpc) is 3.51. The van der Waals surface area contributed by atoms with E-state index >= 15 is 0 Å². The zero-order valence-electron chi connectivity index (χ0n) is 21.3. The second kappa shape index (κ2) is 12.2. The van der Waals surface area contributed by atoms with Crippen LogP contribution in [0, 0.1) is 13.8 Å². The summed E-state index contributed by atoms with van der Waals surface area (Å²) in [6.45, 7) is 5.66. The largest absolute Gasteiger partial charge is 0.486 e. The van der Waals surface area contributed by atoms with E-state index in [0.717, 1.165) is 17.1 Å². The molecule has 4 rings (SSSR count). The van der Waals surface area contributed by atoms with Gasteiger partial charge in [-0.2, -0.15) is 5.10 Å². The van der Waals surface area contributed by atoms with E-state index in [1.54, 1.807) is 12.1 Å². The number of aryl methyl sites for hydroxylation is 2. The number of rotatable bonds is 10. The molecular weight excluding hydrogens is 590 g/mol. The third-order valence-electron chi connectivity index (χ3n) is 5.68. The third-order valence-corrected chi connectivity index (χ3v) is 6.55. The first-order valence-corrected chi connectivity index (χ1v) is 13.0. The fourth-order valence-electron chi connectivity index (χ4n) is 3.71.